The third-order valence-corrected chi connectivity index (χ3v) is 3.68. The highest BCUT2D eigenvalue weighted by Gasteiger charge is 2.13. The fraction of sp³-hybridized carbons (Fsp3) is 0.0526. The number of hydrogen-bond acceptors (Lipinski definition) is 4. The Bertz CT molecular complexity index is 986. The standard InChI is InChI=1S/C19H14N4O3/c20-11-15-12-23(16-8-6-14(7-9-16)19(25)26)22-18(15)21-17(24)10-13-4-2-1-3-5-13/h1-9,12H,10H2,(H,25,26)(H,21,22,24). The largest absolute Gasteiger partial charge is 0.478 e. The van der Waals surface area contributed by atoms with E-state index in [1.807, 2.05) is 36.4 Å². The molecule has 7 nitrogen and oxygen atoms in total. The lowest BCUT2D eigenvalue weighted by molar-refractivity contribution is -0.115. The monoisotopic (exact) mass is 346 g/mol. The molecule has 0 saturated heterocycles. The van der Waals surface area contributed by atoms with Crippen molar-refractivity contribution in [3.63, 3.8) is 0 Å². The van der Waals surface area contributed by atoms with Crippen LogP contribution in [0.4, 0.5) is 5.82 Å². The topological polar surface area (TPSA) is 108 Å². The minimum absolute atomic E-state index is 0.151. The van der Waals surface area contributed by atoms with Gasteiger partial charge in [-0.2, -0.15) is 5.26 Å². The van der Waals surface area contributed by atoms with E-state index < -0.39 is 5.97 Å². The minimum Gasteiger partial charge on any atom is -0.478 e. The number of carbonyl (C=O) groups excluding carboxylic acids is 1. The molecule has 0 saturated carbocycles. The molecule has 2 N–H and O–H groups in total. The summed E-state index contributed by atoms with van der Waals surface area (Å²) in [4.78, 5) is 23.1. The molecule has 0 bridgehead atoms. The van der Waals surface area contributed by atoms with Crippen LogP contribution in [0.5, 0.6) is 0 Å². The molecule has 0 aliphatic carbocycles. The van der Waals surface area contributed by atoms with Crippen molar-refractivity contribution in [3.05, 3.63) is 77.5 Å². The van der Waals surface area contributed by atoms with Crippen molar-refractivity contribution in [2.75, 3.05) is 5.32 Å². The Labute approximate surface area is 149 Å². The molecule has 128 valence electrons. The Morgan fingerprint density at radius 2 is 1.81 bits per heavy atom. The number of nitrogens with zero attached hydrogens (tertiary/aromatic N) is 3. The predicted molar refractivity (Wildman–Crippen MR) is 94.0 cm³/mol. The SMILES string of the molecule is N#Cc1cn(-c2ccc(C(=O)O)cc2)nc1NC(=O)Cc1ccccc1. The van der Waals surface area contributed by atoms with Crippen LogP contribution >= 0.6 is 0 Å². The van der Waals surface area contributed by atoms with Gasteiger partial charge in [-0.1, -0.05) is 30.3 Å². The molecule has 1 aromatic heterocycles. The van der Waals surface area contributed by atoms with Gasteiger partial charge >= 0.3 is 5.97 Å². The van der Waals surface area contributed by atoms with Crippen molar-refractivity contribution in [3.8, 4) is 11.8 Å². The zero-order chi connectivity index (χ0) is 18.5. The fourth-order valence-corrected chi connectivity index (χ4v) is 2.39. The summed E-state index contributed by atoms with van der Waals surface area (Å²) in [6, 6.07) is 17.3. The van der Waals surface area contributed by atoms with Crippen molar-refractivity contribution in [1.82, 2.24) is 9.78 Å². The lowest BCUT2D eigenvalue weighted by Crippen LogP contribution is -2.15. The Hall–Kier alpha value is -3.92. The van der Waals surface area contributed by atoms with Gasteiger partial charge in [0, 0.05) is 0 Å². The first-order valence-corrected chi connectivity index (χ1v) is 7.74. The highest BCUT2D eigenvalue weighted by atomic mass is 16.4. The van der Waals surface area contributed by atoms with Crippen LogP contribution in [0, 0.1) is 11.3 Å². The summed E-state index contributed by atoms with van der Waals surface area (Å²) in [7, 11) is 0. The van der Waals surface area contributed by atoms with Crippen LogP contribution in [0.1, 0.15) is 21.5 Å². The van der Waals surface area contributed by atoms with Crippen LogP contribution in [0.15, 0.2) is 60.8 Å². The third kappa shape index (κ3) is 3.76. The first kappa shape index (κ1) is 16.9. The smallest absolute Gasteiger partial charge is 0.335 e. The van der Waals surface area contributed by atoms with Gasteiger partial charge < -0.3 is 10.4 Å². The van der Waals surface area contributed by atoms with Gasteiger partial charge in [0.25, 0.3) is 0 Å². The quantitative estimate of drug-likeness (QED) is 0.738. The van der Waals surface area contributed by atoms with Gasteiger partial charge in [0.1, 0.15) is 11.6 Å². The van der Waals surface area contributed by atoms with E-state index in [4.69, 9.17) is 5.11 Å². The molecule has 2 aromatic carbocycles. The zero-order valence-electron chi connectivity index (χ0n) is 13.6. The van der Waals surface area contributed by atoms with Crippen molar-refractivity contribution in [2.24, 2.45) is 0 Å². The number of rotatable bonds is 5. The average Bonchev–Trinajstić information content (AvgIpc) is 3.05. The molecule has 7 heteroatoms. The predicted octanol–water partition coefficient (Wildman–Crippen LogP) is 2.62. The van der Waals surface area contributed by atoms with E-state index in [-0.39, 0.29) is 29.3 Å². The maximum atomic E-state index is 12.2. The van der Waals surface area contributed by atoms with Crippen LogP contribution in [0.3, 0.4) is 0 Å². The summed E-state index contributed by atoms with van der Waals surface area (Å²) in [5, 5.41) is 25.1. The summed E-state index contributed by atoms with van der Waals surface area (Å²) < 4.78 is 1.42. The minimum atomic E-state index is -1.02. The first-order chi connectivity index (χ1) is 12.6. The number of carboxylic acids is 1. The van der Waals surface area contributed by atoms with Gasteiger partial charge in [0.15, 0.2) is 5.82 Å². The highest BCUT2D eigenvalue weighted by molar-refractivity contribution is 5.92. The number of aromatic nitrogens is 2. The number of nitrogens with one attached hydrogen (secondary N) is 1. The van der Waals surface area contributed by atoms with E-state index >= 15 is 0 Å². The molecule has 0 radical (unpaired) electrons. The van der Waals surface area contributed by atoms with E-state index in [0.717, 1.165) is 5.56 Å². The molecule has 0 unspecified atom stereocenters. The summed E-state index contributed by atoms with van der Waals surface area (Å²) in [5.74, 6) is -1.14. The number of hydrogen-bond donors (Lipinski definition) is 2. The van der Waals surface area contributed by atoms with E-state index in [9.17, 15) is 14.9 Å². The molecule has 0 fully saturated rings. The van der Waals surface area contributed by atoms with Gasteiger partial charge in [-0.3, -0.25) is 4.79 Å². The maximum Gasteiger partial charge on any atom is 0.335 e. The van der Waals surface area contributed by atoms with Crippen molar-refractivity contribution in [2.45, 2.75) is 6.42 Å². The third-order valence-electron chi connectivity index (χ3n) is 3.68. The van der Waals surface area contributed by atoms with Gasteiger partial charge in [0.2, 0.25) is 5.91 Å². The maximum absolute atomic E-state index is 12.2. The molecule has 1 amide bonds. The molecule has 3 aromatic rings. The Morgan fingerprint density at radius 1 is 1.12 bits per heavy atom. The van der Waals surface area contributed by atoms with Gasteiger partial charge in [-0.05, 0) is 29.8 Å². The second-order valence-electron chi connectivity index (χ2n) is 5.51. The van der Waals surface area contributed by atoms with Gasteiger partial charge in [-0.25, -0.2) is 9.48 Å². The molecule has 1 heterocycles. The Kier molecular flexibility index (Phi) is 4.76. The molecule has 0 aliphatic rings. The number of benzene rings is 2. The second-order valence-corrected chi connectivity index (χ2v) is 5.51. The van der Waals surface area contributed by atoms with Crippen LogP contribution in [0.2, 0.25) is 0 Å². The van der Waals surface area contributed by atoms with Gasteiger partial charge in [-0.15, -0.1) is 5.10 Å². The van der Waals surface area contributed by atoms with Crippen LogP contribution in [0.25, 0.3) is 5.69 Å². The van der Waals surface area contributed by atoms with E-state index in [1.165, 1.54) is 23.0 Å². The number of amides is 1. The van der Waals surface area contributed by atoms with Gasteiger partial charge in [0.05, 0.1) is 23.9 Å². The van der Waals surface area contributed by atoms with E-state index in [2.05, 4.69) is 10.4 Å². The number of carboxylic acid groups (broad SMARTS) is 1. The molecule has 3 rings (SSSR count). The van der Waals surface area contributed by atoms with Crippen molar-refractivity contribution >= 4 is 17.7 Å². The van der Waals surface area contributed by atoms with E-state index in [0.29, 0.717) is 5.69 Å². The highest BCUT2D eigenvalue weighted by Crippen LogP contribution is 2.17. The normalized spacial score (nSPS) is 10.1. The lowest BCUT2D eigenvalue weighted by Gasteiger charge is -2.03. The zero-order valence-corrected chi connectivity index (χ0v) is 13.6. The lowest BCUT2D eigenvalue weighted by atomic mass is 10.1. The van der Waals surface area contributed by atoms with Crippen LogP contribution < -0.4 is 5.32 Å². The molecule has 0 spiro atoms. The Balaban J connectivity index is 1.79. The second kappa shape index (κ2) is 7.32. The molecule has 0 atom stereocenters. The summed E-state index contributed by atoms with van der Waals surface area (Å²) >= 11 is 0. The number of nitriles is 1. The van der Waals surface area contributed by atoms with Crippen LogP contribution in [-0.4, -0.2) is 26.8 Å². The number of anilines is 1. The summed E-state index contributed by atoms with van der Waals surface area (Å²) in [6.45, 7) is 0. The number of carbonyl (C=O) groups is 2. The fourth-order valence-electron chi connectivity index (χ4n) is 2.39. The molecule has 26 heavy (non-hydrogen) atoms. The Morgan fingerprint density at radius 3 is 2.42 bits per heavy atom. The molecule has 0 aliphatic heterocycles. The first-order valence-electron chi connectivity index (χ1n) is 7.74. The van der Waals surface area contributed by atoms with E-state index in [1.54, 1.807) is 12.1 Å². The van der Waals surface area contributed by atoms with Crippen LogP contribution in [-0.2, 0) is 11.2 Å². The summed E-state index contributed by atoms with van der Waals surface area (Å²) in [6.07, 6.45) is 1.65. The number of aromatic carboxylic acids is 1. The molecular formula is C19H14N4O3. The van der Waals surface area contributed by atoms with Crippen molar-refractivity contribution in [1.29, 1.82) is 5.26 Å². The van der Waals surface area contributed by atoms with Crippen molar-refractivity contribution < 1.29 is 14.7 Å². The summed E-state index contributed by atoms with van der Waals surface area (Å²) in [5.41, 5.74) is 1.80. The average molecular weight is 346 g/mol. The molecular weight excluding hydrogens is 332 g/mol.